The van der Waals surface area contributed by atoms with Crippen molar-refractivity contribution >= 4 is 35.2 Å². The Balaban J connectivity index is 1.49. The Morgan fingerprint density at radius 2 is 1.84 bits per heavy atom. The number of thioether (sulfide) groups is 1. The monoisotopic (exact) mass is 368 g/mol. The van der Waals surface area contributed by atoms with Crippen molar-refractivity contribution in [2.24, 2.45) is 5.10 Å². The number of carbonyl (C=O) groups excluding carboxylic acids is 1. The largest absolute Gasteiger partial charge is 0.272 e. The van der Waals surface area contributed by atoms with Crippen molar-refractivity contribution in [2.75, 3.05) is 5.75 Å². The summed E-state index contributed by atoms with van der Waals surface area (Å²) in [5, 5.41) is 12.8. The van der Waals surface area contributed by atoms with E-state index in [1.54, 1.807) is 6.21 Å². The van der Waals surface area contributed by atoms with Crippen LogP contribution in [0.5, 0.6) is 0 Å². The topological polar surface area (TPSA) is 67.2 Å². The Kier molecular flexibility index (Phi) is 5.92. The van der Waals surface area contributed by atoms with Crippen LogP contribution in [0.2, 0.25) is 0 Å². The Morgan fingerprint density at radius 3 is 2.52 bits per heavy atom. The van der Waals surface area contributed by atoms with Crippen molar-refractivity contribution in [3.8, 4) is 11.1 Å². The highest BCUT2D eigenvalue weighted by molar-refractivity contribution is 8.01. The van der Waals surface area contributed by atoms with Gasteiger partial charge in [-0.05, 0) is 23.6 Å². The number of benzene rings is 2. The fourth-order valence-corrected chi connectivity index (χ4v) is 3.68. The van der Waals surface area contributed by atoms with E-state index in [1.807, 2.05) is 49.4 Å². The molecular formula is C18H16N4OS2. The zero-order valence-corrected chi connectivity index (χ0v) is 15.2. The van der Waals surface area contributed by atoms with E-state index in [9.17, 15) is 4.79 Å². The first-order valence-electron chi connectivity index (χ1n) is 7.61. The van der Waals surface area contributed by atoms with Crippen molar-refractivity contribution in [2.45, 2.75) is 11.3 Å². The van der Waals surface area contributed by atoms with Gasteiger partial charge in [0.05, 0.1) is 12.0 Å². The summed E-state index contributed by atoms with van der Waals surface area (Å²) >= 11 is 2.83. The number of hydrazone groups is 1. The second-order valence-corrected chi connectivity index (χ2v) is 7.56. The summed E-state index contributed by atoms with van der Waals surface area (Å²) in [5.74, 6) is 0.0915. The fourth-order valence-electron chi connectivity index (χ4n) is 2.07. The van der Waals surface area contributed by atoms with E-state index in [-0.39, 0.29) is 11.7 Å². The number of hydrogen-bond acceptors (Lipinski definition) is 6. The Bertz CT molecular complexity index is 860. The van der Waals surface area contributed by atoms with Gasteiger partial charge < -0.3 is 0 Å². The van der Waals surface area contributed by atoms with E-state index < -0.39 is 0 Å². The molecule has 126 valence electrons. The number of rotatable bonds is 6. The van der Waals surface area contributed by atoms with Crippen LogP contribution in [0, 0.1) is 6.92 Å². The zero-order chi connectivity index (χ0) is 17.5. The Morgan fingerprint density at radius 1 is 1.12 bits per heavy atom. The molecule has 0 aliphatic heterocycles. The quantitative estimate of drug-likeness (QED) is 0.409. The summed E-state index contributed by atoms with van der Waals surface area (Å²) in [6.45, 7) is 1.88. The summed E-state index contributed by atoms with van der Waals surface area (Å²) in [6.07, 6.45) is 1.63. The summed E-state index contributed by atoms with van der Waals surface area (Å²) in [5.41, 5.74) is 5.76. The maximum absolute atomic E-state index is 11.8. The minimum Gasteiger partial charge on any atom is -0.272 e. The molecule has 1 aromatic heterocycles. The molecule has 0 saturated heterocycles. The van der Waals surface area contributed by atoms with Crippen LogP contribution in [0.4, 0.5) is 0 Å². The van der Waals surface area contributed by atoms with Gasteiger partial charge in [-0.15, -0.1) is 10.2 Å². The molecule has 0 spiro atoms. The number of aromatic nitrogens is 2. The minimum atomic E-state index is -0.171. The van der Waals surface area contributed by atoms with Gasteiger partial charge in [-0.3, -0.25) is 4.79 Å². The van der Waals surface area contributed by atoms with Gasteiger partial charge in [-0.1, -0.05) is 77.7 Å². The third-order valence-electron chi connectivity index (χ3n) is 3.25. The second kappa shape index (κ2) is 8.55. The second-order valence-electron chi connectivity index (χ2n) is 5.16. The highest BCUT2D eigenvalue weighted by atomic mass is 32.2. The summed E-state index contributed by atoms with van der Waals surface area (Å²) in [7, 11) is 0. The van der Waals surface area contributed by atoms with Crippen LogP contribution in [0.15, 0.2) is 64.0 Å². The van der Waals surface area contributed by atoms with E-state index in [0.717, 1.165) is 20.5 Å². The number of hydrogen-bond donors (Lipinski definition) is 1. The van der Waals surface area contributed by atoms with Gasteiger partial charge in [0, 0.05) is 0 Å². The summed E-state index contributed by atoms with van der Waals surface area (Å²) in [4.78, 5) is 11.8. The van der Waals surface area contributed by atoms with Crippen molar-refractivity contribution in [3.63, 3.8) is 0 Å². The lowest BCUT2D eigenvalue weighted by atomic mass is 10.0. The average molecular weight is 368 g/mol. The van der Waals surface area contributed by atoms with Gasteiger partial charge in [0.1, 0.15) is 5.01 Å². The maximum atomic E-state index is 11.8. The lowest BCUT2D eigenvalue weighted by molar-refractivity contribution is -0.118. The number of nitrogens with zero attached hydrogens (tertiary/aromatic N) is 3. The molecular weight excluding hydrogens is 352 g/mol. The third kappa shape index (κ3) is 5.23. The molecule has 0 aliphatic rings. The molecule has 0 bridgehead atoms. The number of carbonyl (C=O) groups is 1. The van der Waals surface area contributed by atoms with Crippen molar-refractivity contribution in [3.05, 3.63) is 65.2 Å². The molecule has 25 heavy (non-hydrogen) atoms. The first kappa shape index (κ1) is 17.3. The third-order valence-corrected chi connectivity index (χ3v) is 5.23. The standard InChI is InChI=1S/C18H16N4OS2/c1-13-20-22-18(25-13)24-12-17(23)21-19-11-14-7-9-16(10-8-14)15-5-3-2-4-6-15/h2-11H,12H2,1H3,(H,21,23)/b19-11+. The predicted molar refractivity (Wildman–Crippen MR) is 103 cm³/mol. The van der Waals surface area contributed by atoms with Crippen LogP contribution in [0.1, 0.15) is 10.6 Å². The maximum Gasteiger partial charge on any atom is 0.250 e. The molecule has 0 atom stereocenters. The highest BCUT2D eigenvalue weighted by Crippen LogP contribution is 2.21. The molecule has 0 fully saturated rings. The van der Waals surface area contributed by atoms with Crippen molar-refractivity contribution in [1.82, 2.24) is 15.6 Å². The molecule has 0 saturated carbocycles. The molecule has 1 N–H and O–H groups in total. The van der Waals surface area contributed by atoms with E-state index in [0.29, 0.717) is 0 Å². The first-order chi connectivity index (χ1) is 12.2. The lowest BCUT2D eigenvalue weighted by Crippen LogP contribution is -2.19. The zero-order valence-electron chi connectivity index (χ0n) is 13.5. The molecule has 3 rings (SSSR count). The van der Waals surface area contributed by atoms with E-state index in [4.69, 9.17) is 0 Å². The smallest absolute Gasteiger partial charge is 0.250 e. The van der Waals surface area contributed by atoms with Crippen LogP contribution < -0.4 is 5.43 Å². The molecule has 0 unspecified atom stereocenters. The Hall–Kier alpha value is -2.51. The lowest BCUT2D eigenvalue weighted by Gasteiger charge is -2.01. The number of amides is 1. The first-order valence-corrected chi connectivity index (χ1v) is 9.41. The van der Waals surface area contributed by atoms with Crippen molar-refractivity contribution < 1.29 is 4.79 Å². The number of nitrogens with one attached hydrogen (secondary N) is 1. The molecule has 7 heteroatoms. The van der Waals surface area contributed by atoms with E-state index in [2.05, 4.69) is 32.9 Å². The van der Waals surface area contributed by atoms with Gasteiger partial charge in [-0.25, -0.2) is 5.43 Å². The Labute approximate surface area is 154 Å². The van der Waals surface area contributed by atoms with Gasteiger partial charge >= 0.3 is 0 Å². The normalized spacial score (nSPS) is 10.9. The van der Waals surface area contributed by atoms with E-state index in [1.165, 1.54) is 28.7 Å². The van der Waals surface area contributed by atoms with Crippen LogP contribution in [0.25, 0.3) is 11.1 Å². The average Bonchev–Trinajstić information content (AvgIpc) is 3.07. The number of aryl methyl sites for hydroxylation is 1. The molecule has 0 radical (unpaired) electrons. The SMILES string of the molecule is Cc1nnc(SCC(=O)N/N=C/c2ccc(-c3ccccc3)cc2)s1. The predicted octanol–water partition coefficient (Wildman–Crippen LogP) is 3.76. The van der Waals surface area contributed by atoms with Crippen LogP contribution in [-0.4, -0.2) is 28.1 Å². The van der Waals surface area contributed by atoms with Gasteiger partial charge in [0.15, 0.2) is 4.34 Å². The molecule has 2 aromatic carbocycles. The molecule has 1 heterocycles. The fraction of sp³-hybridized carbons (Fsp3) is 0.111. The van der Waals surface area contributed by atoms with Gasteiger partial charge in [0.25, 0.3) is 5.91 Å². The molecule has 5 nitrogen and oxygen atoms in total. The molecule has 1 amide bonds. The summed E-state index contributed by atoms with van der Waals surface area (Å²) < 4.78 is 0.785. The van der Waals surface area contributed by atoms with Crippen LogP contribution >= 0.6 is 23.1 Å². The van der Waals surface area contributed by atoms with Gasteiger partial charge in [0.2, 0.25) is 0 Å². The van der Waals surface area contributed by atoms with Crippen LogP contribution in [0.3, 0.4) is 0 Å². The van der Waals surface area contributed by atoms with Gasteiger partial charge in [-0.2, -0.15) is 5.10 Å². The summed E-state index contributed by atoms with van der Waals surface area (Å²) in [6, 6.07) is 18.2. The molecule has 3 aromatic rings. The van der Waals surface area contributed by atoms with Crippen LogP contribution in [-0.2, 0) is 4.79 Å². The van der Waals surface area contributed by atoms with E-state index >= 15 is 0 Å². The van der Waals surface area contributed by atoms with Crippen molar-refractivity contribution in [1.29, 1.82) is 0 Å². The highest BCUT2D eigenvalue weighted by Gasteiger charge is 2.05. The molecule has 0 aliphatic carbocycles. The minimum absolute atomic E-state index is 0.171.